The molecule has 0 radical (unpaired) electrons. The number of fused-ring (bicyclic) bond motifs is 2. The SMILES string of the molecule is CN(C)[C@H]1C[C@@]23CC[C@]4(O2)C2CC=C(c5cccc6cnccc56)[C@@]2(C)CCC4(C#N)C=C3[C@@H](O)[C@@H]1O. The van der Waals surface area contributed by atoms with E-state index in [0.717, 1.165) is 36.6 Å². The van der Waals surface area contributed by atoms with E-state index in [2.05, 4.69) is 54.4 Å². The average Bonchev–Trinajstić information content (AvgIpc) is 3.42. The molecule has 2 aliphatic heterocycles. The third-order valence-electron chi connectivity index (χ3n) is 10.9. The maximum atomic E-state index is 11.3. The normalized spacial score (nSPS) is 44.0. The number of rotatable bonds is 2. The van der Waals surface area contributed by atoms with Crippen LogP contribution < -0.4 is 0 Å². The Labute approximate surface area is 218 Å². The average molecular weight is 498 g/mol. The molecule has 3 fully saturated rings. The smallest absolute Gasteiger partial charge is 0.105 e. The Bertz CT molecular complexity index is 1400. The monoisotopic (exact) mass is 497 g/mol. The van der Waals surface area contributed by atoms with Gasteiger partial charge < -0.3 is 19.8 Å². The molecule has 3 aliphatic carbocycles. The number of aliphatic hydroxyl groups is 2. The van der Waals surface area contributed by atoms with Crippen molar-refractivity contribution in [1.29, 1.82) is 5.26 Å². The zero-order valence-electron chi connectivity index (χ0n) is 21.8. The molecule has 6 nitrogen and oxygen atoms in total. The molecule has 2 saturated carbocycles. The summed E-state index contributed by atoms with van der Waals surface area (Å²) in [7, 11) is 3.90. The fourth-order valence-electron chi connectivity index (χ4n) is 9.02. The fraction of sp³-hybridized carbons (Fsp3) is 0.548. The van der Waals surface area contributed by atoms with Crippen molar-refractivity contribution in [2.45, 2.75) is 74.9 Å². The van der Waals surface area contributed by atoms with Crippen molar-refractivity contribution in [3.8, 4) is 6.07 Å². The summed E-state index contributed by atoms with van der Waals surface area (Å²) >= 11 is 0. The topological polar surface area (TPSA) is 89.6 Å². The summed E-state index contributed by atoms with van der Waals surface area (Å²) < 4.78 is 7.29. The molecular weight excluding hydrogens is 462 g/mol. The van der Waals surface area contributed by atoms with Crippen molar-refractivity contribution in [2.24, 2.45) is 16.7 Å². The van der Waals surface area contributed by atoms with Crippen LogP contribution in [0.5, 0.6) is 0 Å². The Morgan fingerprint density at radius 2 is 1.97 bits per heavy atom. The number of ether oxygens (including phenoxy) is 1. The van der Waals surface area contributed by atoms with Crippen LogP contribution in [0, 0.1) is 28.1 Å². The fourth-order valence-corrected chi connectivity index (χ4v) is 9.02. The quantitative estimate of drug-likeness (QED) is 0.604. The Hall–Kier alpha value is -2.56. The van der Waals surface area contributed by atoms with Crippen LogP contribution in [0.25, 0.3) is 16.3 Å². The van der Waals surface area contributed by atoms with Crippen molar-refractivity contribution in [3.05, 3.63) is 59.9 Å². The van der Waals surface area contributed by atoms with Crippen LogP contribution in [0.15, 0.2) is 54.4 Å². The molecule has 3 heterocycles. The van der Waals surface area contributed by atoms with E-state index in [9.17, 15) is 15.5 Å². The molecule has 192 valence electrons. The summed E-state index contributed by atoms with van der Waals surface area (Å²) in [5.41, 5.74) is 1.20. The molecular formula is C31H35N3O3. The van der Waals surface area contributed by atoms with E-state index in [1.165, 1.54) is 16.5 Å². The molecule has 6 heteroatoms. The van der Waals surface area contributed by atoms with Gasteiger partial charge in [0.25, 0.3) is 0 Å². The van der Waals surface area contributed by atoms with Gasteiger partial charge in [0.2, 0.25) is 0 Å². The molecule has 2 aromatic rings. The van der Waals surface area contributed by atoms with Crippen LogP contribution in [0.2, 0.25) is 0 Å². The van der Waals surface area contributed by atoms with E-state index >= 15 is 0 Å². The molecule has 7 rings (SSSR count). The first-order valence-electron chi connectivity index (χ1n) is 13.6. The van der Waals surface area contributed by atoms with Gasteiger partial charge >= 0.3 is 0 Å². The van der Waals surface area contributed by atoms with E-state index in [1.54, 1.807) is 0 Å². The lowest BCUT2D eigenvalue weighted by Gasteiger charge is -2.61. The summed E-state index contributed by atoms with van der Waals surface area (Å²) in [4.78, 5) is 6.32. The van der Waals surface area contributed by atoms with Crippen LogP contribution in [-0.2, 0) is 4.74 Å². The number of nitrogens with zero attached hydrogens (tertiary/aromatic N) is 3. The molecule has 8 atom stereocenters. The second-order valence-corrected chi connectivity index (χ2v) is 12.6. The van der Waals surface area contributed by atoms with Gasteiger partial charge in [-0.3, -0.25) is 4.98 Å². The molecule has 0 amide bonds. The maximum Gasteiger partial charge on any atom is 0.105 e. The summed E-state index contributed by atoms with van der Waals surface area (Å²) in [6.07, 6.45) is 11.0. The Morgan fingerprint density at radius 3 is 2.76 bits per heavy atom. The lowest BCUT2D eigenvalue weighted by molar-refractivity contribution is -0.223. The molecule has 1 aromatic heterocycles. The summed E-state index contributed by atoms with van der Waals surface area (Å²) in [6, 6.07) is 11.1. The summed E-state index contributed by atoms with van der Waals surface area (Å²) in [5.74, 6) is 0.166. The van der Waals surface area contributed by atoms with Crippen LogP contribution in [0.1, 0.15) is 51.0 Å². The van der Waals surface area contributed by atoms with Gasteiger partial charge in [0.1, 0.15) is 11.5 Å². The van der Waals surface area contributed by atoms with Crippen LogP contribution >= 0.6 is 0 Å². The summed E-state index contributed by atoms with van der Waals surface area (Å²) in [5, 5.41) is 35.4. The third-order valence-corrected chi connectivity index (χ3v) is 10.9. The number of allylic oxidation sites excluding steroid dienone is 2. The van der Waals surface area contributed by atoms with E-state index in [-0.39, 0.29) is 17.4 Å². The Morgan fingerprint density at radius 1 is 1.14 bits per heavy atom. The lowest BCUT2D eigenvalue weighted by Crippen LogP contribution is -2.66. The number of benzene rings is 1. The molecule has 37 heavy (non-hydrogen) atoms. The number of pyridine rings is 1. The van der Waals surface area contributed by atoms with Gasteiger partial charge in [-0.15, -0.1) is 0 Å². The largest absolute Gasteiger partial charge is 0.388 e. The predicted octanol–water partition coefficient (Wildman–Crippen LogP) is 4.23. The predicted molar refractivity (Wildman–Crippen MR) is 141 cm³/mol. The van der Waals surface area contributed by atoms with E-state index in [0.29, 0.717) is 12.8 Å². The van der Waals surface area contributed by atoms with Gasteiger partial charge in [0.05, 0.1) is 23.4 Å². The molecule has 1 saturated heterocycles. The summed E-state index contributed by atoms with van der Waals surface area (Å²) in [6.45, 7) is 2.38. The minimum atomic E-state index is -1.02. The van der Waals surface area contributed by atoms with Crippen molar-refractivity contribution >= 4 is 16.3 Å². The van der Waals surface area contributed by atoms with Gasteiger partial charge in [-0.1, -0.05) is 37.3 Å². The number of aromatic nitrogens is 1. The highest BCUT2D eigenvalue weighted by atomic mass is 16.5. The van der Waals surface area contributed by atoms with Gasteiger partial charge in [0, 0.05) is 29.7 Å². The number of likely N-dealkylation sites (N-methyl/N-ethyl adjacent to an activating group) is 1. The maximum absolute atomic E-state index is 11.3. The first kappa shape index (κ1) is 23.5. The van der Waals surface area contributed by atoms with Crippen LogP contribution in [0.4, 0.5) is 0 Å². The number of hydrogen-bond acceptors (Lipinski definition) is 6. The molecule has 2 spiro atoms. The first-order chi connectivity index (χ1) is 17.7. The molecule has 1 aromatic carbocycles. The number of nitriles is 1. The van der Waals surface area contributed by atoms with E-state index in [4.69, 9.17) is 4.74 Å². The van der Waals surface area contributed by atoms with Crippen molar-refractivity contribution in [2.75, 3.05) is 14.1 Å². The van der Waals surface area contributed by atoms with Crippen molar-refractivity contribution in [1.82, 2.24) is 9.88 Å². The zero-order chi connectivity index (χ0) is 25.8. The Balaban J connectivity index is 1.35. The minimum absolute atomic E-state index is 0.122. The lowest BCUT2D eigenvalue weighted by atomic mass is 9.49. The second kappa shape index (κ2) is 7.51. The van der Waals surface area contributed by atoms with Gasteiger partial charge in [-0.2, -0.15) is 5.26 Å². The highest BCUT2D eigenvalue weighted by Crippen LogP contribution is 2.73. The first-order valence-corrected chi connectivity index (χ1v) is 13.6. The standard InChI is InChI=1S/C31H35N3O3/c1-28-10-11-29(18-32)15-23-26(35)27(36)24(34(2)3)16-30(23)12-13-31(29,37-30)25(28)8-7-22(28)21-6-4-5-19-17-33-14-9-20(19)21/h4-7,9,14-15,17,24-27,35-36H,8,10-13,16H2,1-3H3/t24-,25?,26+,27+,28+,29?,30+,31-/m0/s1. The van der Waals surface area contributed by atoms with Gasteiger partial charge in [-0.25, -0.2) is 0 Å². The van der Waals surface area contributed by atoms with E-state index in [1.807, 2.05) is 31.4 Å². The highest BCUT2D eigenvalue weighted by Gasteiger charge is 2.74. The second-order valence-electron chi connectivity index (χ2n) is 12.6. The highest BCUT2D eigenvalue weighted by molar-refractivity contribution is 5.95. The third kappa shape index (κ3) is 2.76. The Kier molecular flexibility index (Phi) is 4.78. The van der Waals surface area contributed by atoms with E-state index < -0.39 is 28.8 Å². The van der Waals surface area contributed by atoms with Crippen molar-refractivity contribution < 1.29 is 14.9 Å². The van der Waals surface area contributed by atoms with Gasteiger partial charge in [-0.05, 0) is 86.2 Å². The van der Waals surface area contributed by atoms with Crippen LogP contribution in [-0.4, -0.2) is 63.6 Å². The molecule has 2 bridgehead atoms. The van der Waals surface area contributed by atoms with Crippen molar-refractivity contribution in [3.63, 3.8) is 0 Å². The molecule has 5 aliphatic rings. The number of hydrogen-bond donors (Lipinski definition) is 2. The van der Waals surface area contributed by atoms with Gasteiger partial charge in [0.15, 0.2) is 0 Å². The van der Waals surface area contributed by atoms with Crippen LogP contribution in [0.3, 0.4) is 0 Å². The molecule has 2 unspecified atom stereocenters. The number of aliphatic hydroxyl groups excluding tert-OH is 2. The zero-order valence-corrected chi connectivity index (χ0v) is 21.8. The minimum Gasteiger partial charge on any atom is -0.388 e. The molecule has 2 N–H and O–H groups in total.